The predicted octanol–water partition coefficient (Wildman–Crippen LogP) is 5.16. The first-order chi connectivity index (χ1) is 15.0. The molecule has 0 spiro atoms. The number of benzene rings is 2. The molecule has 0 saturated heterocycles. The number of hydrazone groups is 1. The van der Waals surface area contributed by atoms with Crippen molar-refractivity contribution in [1.82, 2.24) is 5.43 Å². The van der Waals surface area contributed by atoms with Crippen LogP contribution in [0.25, 0.3) is 11.0 Å². The summed E-state index contributed by atoms with van der Waals surface area (Å²) < 4.78 is 23.3. The van der Waals surface area contributed by atoms with Gasteiger partial charge in [-0.15, -0.1) is 0 Å². The number of hydrogen-bond donors (Lipinski definition) is 1. The van der Waals surface area contributed by atoms with Gasteiger partial charge < -0.3 is 18.6 Å². The number of nitrogens with one attached hydrogen (secondary N) is 1. The molecule has 1 aromatic heterocycles. The van der Waals surface area contributed by atoms with Crippen LogP contribution in [-0.4, -0.2) is 31.9 Å². The molecule has 0 aliphatic carbocycles. The average Bonchev–Trinajstić information content (AvgIpc) is 3.17. The van der Waals surface area contributed by atoms with E-state index in [0.717, 1.165) is 20.3 Å². The van der Waals surface area contributed by atoms with Gasteiger partial charge in [0.05, 0.1) is 23.0 Å². The first-order valence-corrected chi connectivity index (χ1v) is 10.8. The lowest BCUT2D eigenvalue weighted by atomic mass is 10.2. The highest BCUT2D eigenvalue weighted by Crippen LogP contribution is 2.34. The second-order valence-corrected chi connectivity index (χ2v) is 7.47. The Morgan fingerprint density at radius 2 is 1.97 bits per heavy atom. The molecule has 1 heterocycles. The fourth-order valence-electron chi connectivity index (χ4n) is 2.82. The molecule has 3 rings (SSSR count). The Morgan fingerprint density at radius 1 is 1.16 bits per heavy atom. The molecule has 0 radical (unpaired) electrons. The first-order valence-electron chi connectivity index (χ1n) is 9.75. The summed E-state index contributed by atoms with van der Waals surface area (Å²) in [7, 11) is 0. The third kappa shape index (κ3) is 5.78. The highest BCUT2D eigenvalue weighted by molar-refractivity contribution is 14.1. The second kappa shape index (κ2) is 10.9. The molecule has 8 heteroatoms. The smallest absolute Gasteiger partial charge is 0.307 e. The number of ether oxygens (including phenoxy) is 3. The fraction of sp³-hybridized carbons (Fsp3) is 0.217. The van der Waals surface area contributed by atoms with Crippen molar-refractivity contribution in [3.05, 3.63) is 63.9 Å². The van der Waals surface area contributed by atoms with Gasteiger partial charge in [0.1, 0.15) is 17.9 Å². The lowest BCUT2D eigenvalue weighted by Crippen LogP contribution is -2.16. The van der Waals surface area contributed by atoms with Crippen molar-refractivity contribution in [3.63, 3.8) is 0 Å². The minimum absolute atomic E-state index is 0.165. The number of nitrogens with zero attached hydrogens (tertiary/aromatic N) is 1. The Hall–Kier alpha value is -3.01. The lowest BCUT2D eigenvalue weighted by Gasteiger charge is -2.13. The number of halogens is 1. The van der Waals surface area contributed by atoms with Crippen LogP contribution in [0.4, 0.5) is 0 Å². The SMILES string of the molecule is C=CCOc1c(I)cc(/C=N/NC(=O)c2cc3cc(OCC)ccc3o2)cc1OCC. The normalized spacial score (nSPS) is 10.9. The number of hydrogen-bond acceptors (Lipinski definition) is 6. The van der Waals surface area contributed by atoms with Gasteiger partial charge >= 0.3 is 5.91 Å². The molecule has 31 heavy (non-hydrogen) atoms. The van der Waals surface area contributed by atoms with E-state index in [1.807, 2.05) is 26.0 Å². The standard InChI is InChI=1S/C23H23IN2O5/c1-4-9-30-22-18(24)10-15(11-20(22)29-6-3)14-25-26-23(27)21-13-16-12-17(28-5-2)7-8-19(16)31-21/h4,7-8,10-14H,1,5-6,9H2,2-3H3,(H,26,27)/b25-14+. The van der Waals surface area contributed by atoms with Gasteiger partial charge in [-0.3, -0.25) is 4.79 Å². The zero-order valence-electron chi connectivity index (χ0n) is 17.3. The molecule has 3 aromatic rings. The Morgan fingerprint density at radius 3 is 2.71 bits per heavy atom. The van der Waals surface area contributed by atoms with Gasteiger partial charge in [-0.25, -0.2) is 5.43 Å². The maximum absolute atomic E-state index is 12.4. The second-order valence-electron chi connectivity index (χ2n) is 6.31. The van der Waals surface area contributed by atoms with Crippen LogP contribution in [-0.2, 0) is 0 Å². The van der Waals surface area contributed by atoms with Crippen molar-refractivity contribution in [1.29, 1.82) is 0 Å². The summed E-state index contributed by atoms with van der Waals surface area (Å²) in [4.78, 5) is 12.4. The van der Waals surface area contributed by atoms with Gasteiger partial charge in [-0.05, 0) is 78.4 Å². The molecular formula is C23H23IN2O5. The molecule has 0 bridgehead atoms. The van der Waals surface area contributed by atoms with Gasteiger partial charge in [0.15, 0.2) is 17.3 Å². The monoisotopic (exact) mass is 534 g/mol. The molecule has 162 valence electrons. The highest BCUT2D eigenvalue weighted by Gasteiger charge is 2.13. The summed E-state index contributed by atoms with van der Waals surface area (Å²) in [6.07, 6.45) is 3.21. The lowest BCUT2D eigenvalue weighted by molar-refractivity contribution is 0.0929. The van der Waals surface area contributed by atoms with E-state index in [1.54, 1.807) is 30.3 Å². The Kier molecular flexibility index (Phi) is 7.94. The summed E-state index contributed by atoms with van der Waals surface area (Å²) in [5.74, 6) is 1.69. The number of rotatable bonds is 10. The largest absolute Gasteiger partial charge is 0.494 e. The van der Waals surface area contributed by atoms with Gasteiger partial charge in [-0.1, -0.05) is 12.7 Å². The Bertz CT molecular complexity index is 1110. The predicted molar refractivity (Wildman–Crippen MR) is 128 cm³/mol. The minimum Gasteiger partial charge on any atom is -0.494 e. The van der Waals surface area contributed by atoms with Crippen LogP contribution < -0.4 is 19.6 Å². The van der Waals surface area contributed by atoms with Crippen molar-refractivity contribution in [2.75, 3.05) is 19.8 Å². The van der Waals surface area contributed by atoms with Crippen molar-refractivity contribution < 1.29 is 23.4 Å². The van der Waals surface area contributed by atoms with Crippen LogP contribution in [0.5, 0.6) is 17.2 Å². The number of amides is 1. The average molecular weight is 534 g/mol. The molecule has 1 amide bonds. The first kappa shape index (κ1) is 22.7. The van der Waals surface area contributed by atoms with Crippen molar-refractivity contribution in [2.24, 2.45) is 5.10 Å². The summed E-state index contributed by atoms with van der Waals surface area (Å²) in [6.45, 7) is 8.91. The van der Waals surface area contributed by atoms with E-state index >= 15 is 0 Å². The minimum atomic E-state index is -0.448. The van der Waals surface area contributed by atoms with E-state index in [0.29, 0.717) is 36.9 Å². The van der Waals surface area contributed by atoms with Crippen LogP contribution >= 0.6 is 22.6 Å². The van der Waals surface area contributed by atoms with Gasteiger partial charge in [0, 0.05) is 5.39 Å². The van der Waals surface area contributed by atoms with Gasteiger partial charge in [0.2, 0.25) is 0 Å². The Balaban J connectivity index is 1.72. The molecule has 7 nitrogen and oxygen atoms in total. The summed E-state index contributed by atoms with van der Waals surface area (Å²) in [5.41, 5.74) is 3.84. The maximum atomic E-state index is 12.4. The molecule has 2 aromatic carbocycles. The fourth-order valence-corrected chi connectivity index (χ4v) is 3.60. The maximum Gasteiger partial charge on any atom is 0.307 e. The summed E-state index contributed by atoms with van der Waals surface area (Å²) in [5, 5.41) is 4.83. The summed E-state index contributed by atoms with van der Waals surface area (Å²) in [6, 6.07) is 10.7. The zero-order valence-corrected chi connectivity index (χ0v) is 19.5. The summed E-state index contributed by atoms with van der Waals surface area (Å²) >= 11 is 2.17. The van der Waals surface area contributed by atoms with E-state index in [4.69, 9.17) is 18.6 Å². The van der Waals surface area contributed by atoms with E-state index in [-0.39, 0.29) is 5.76 Å². The van der Waals surface area contributed by atoms with Crippen LogP contribution in [0.15, 0.2) is 58.6 Å². The Labute approximate surface area is 194 Å². The number of carbonyl (C=O) groups is 1. The molecule has 1 N–H and O–H groups in total. The molecule has 0 aliphatic rings. The van der Waals surface area contributed by atoms with Crippen LogP contribution in [0, 0.1) is 3.57 Å². The van der Waals surface area contributed by atoms with Gasteiger partial charge in [0.25, 0.3) is 0 Å². The van der Waals surface area contributed by atoms with Crippen molar-refractivity contribution in [2.45, 2.75) is 13.8 Å². The van der Waals surface area contributed by atoms with Crippen molar-refractivity contribution in [3.8, 4) is 17.2 Å². The number of carbonyl (C=O) groups excluding carboxylic acids is 1. The molecule has 0 fully saturated rings. The van der Waals surface area contributed by atoms with E-state index in [9.17, 15) is 4.79 Å². The van der Waals surface area contributed by atoms with Crippen LogP contribution in [0.2, 0.25) is 0 Å². The molecular weight excluding hydrogens is 511 g/mol. The number of fused-ring (bicyclic) bond motifs is 1. The molecule has 0 aliphatic heterocycles. The zero-order chi connectivity index (χ0) is 22.2. The quantitative estimate of drug-likeness (QED) is 0.168. The molecule has 0 unspecified atom stereocenters. The van der Waals surface area contributed by atoms with E-state index in [1.165, 1.54) is 6.21 Å². The third-order valence-electron chi connectivity index (χ3n) is 4.08. The highest BCUT2D eigenvalue weighted by atomic mass is 127. The van der Waals surface area contributed by atoms with Crippen LogP contribution in [0.1, 0.15) is 30.0 Å². The van der Waals surface area contributed by atoms with Crippen molar-refractivity contribution >= 4 is 45.7 Å². The van der Waals surface area contributed by atoms with Gasteiger partial charge in [-0.2, -0.15) is 5.10 Å². The topological polar surface area (TPSA) is 82.3 Å². The molecule has 0 saturated carbocycles. The molecule has 0 atom stereocenters. The number of furan rings is 1. The third-order valence-corrected chi connectivity index (χ3v) is 4.88. The van der Waals surface area contributed by atoms with E-state index in [2.05, 4.69) is 39.7 Å². The van der Waals surface area contributed by atoms with E-state index < -0.39 is 5.91 Å². The van der Waals surface area contributed by atoms with Crippen LogP contribution in [0.3, 0.4) is 0 Å².